The Morgan fingerprint density at radius 3 is 2.71 bits per heavy atom. The molecule has 1 aliphatic heterocycles. The van der Waals surface area contributed by atoms with Crippen molar-refractivity contribution in [2.24, 2.45) is 0 Å². The van der Waals surface area contributed by atoms with E-state index in [1.54, 1.807) is 11.3 Å². The first-order valence-electron chi connectivity index (χ1n) is 9.23. The fraction of sp³-hybridized carbons (Fsp3) is 0.333. The van der Waals surface area contributed by atoms with E-state index in [9.17, 15) is 10.2 Å². The van der Waals surface area contributed by atoms with Crippen LogP contribution in [-0.2, 0) is 11.2 Å². The van der Waals surface area contributed by atoms with Gasteiger partial charge in [-0.05, 0) is 17.2 Å². The van der Waals surface area contributed by atoms with Gasteiger partial charge in [-0.2, -0.15) is 0 Å². The molecule has 5 nitrogen and oxygen atoms in total. The van der Waals surface area contributed by atoms with Crippen LogP contribution in [0.5, 0.6) is 0 Å². The zero-order chi connectivity index (χ0) is 19.5. The van der Waals surface area contributed by atoms with Crippen LogP contribution in [0.2, 0.25) is 5.02 Å². The predicted octanol–water partition coefficient (Wildman–Crippen LogP) is 4.02. The highest BCUT2D eigenvalue weighted by Crippen LogP contribution is 2.34. The van der Waals surface area contributed by atoms with Crippen LogP contribution in [0.1, 0.15) is 35.1 Å². The number of aliphatic hydroxyl groups excluding tert-OH is 2. The minimum absolute atomic E-state index is 0.0962. The fourth-order valence-electron chi connectivity index (χ4n) is 3.44. The molecule has 3 unspecified atom stereocenters. The van der Waals surface area contributed by atoms with Crippen molar-refractivity contribution in [1.29, 1.82) is 0 Å². The van der Waals surface area contributed by atoms with E-state index in [0.29, 0.717) is 24.3 Å². The van der Waals surface area contributed by atoms with E-state index in [1.165, 1.54) is 0 Å². The summed E-state index contributed by atoms with van der Waals surface area (Å²) in [5.41, 5.74) is 2.94. The normalized spacial score (nSPS) is 22.3. The van der Waals surface area contributed by atoms with Crippen molar-refractivity contribution in [2.45, 2.75) is 37.6 Å². The summed E-state index contributed by atoms with van der Waals surface area (Å²) in [4.78, 5) is 0. The molecule has 1 aromatic heterocycles. The first kappa shape index (κ1) is 19.5. The zero-order valence-corrected chi connectivity index (χ0v) is 16.7. The number of aromatic nitrogens is 2. The van der Waals surface area contributed by atoms with E-state index in [2.05, 4.69) is 10.2 Å². The van der Waals surface area contributed by atoms with Gasteiger partial charge in [-0.3, -0.25) is 0 Å². The standard InChI is InChI=1S/C21H21ClN2O3S/c22-18-7-6-14(19-11-16(26)10-17(12-25)27-19)8-15(18)9-20-23-24-21(28-20)13-4-2-1-3-5-13/h1-8,16-17,19,25-26H,9-12H2. The molecule has 1 aliphatic rings. The molecule has 4 rings (SSSR count). The van der Waals surface area contributed by atoms with Gasteiger partial charge >= 0.3 is 0 Å². The maximum absolute atomic E-state index is 10.1. The minimum atomic E-state index is -0.480. The second kappa shape index (κ2) is 8.68. The summed E-state index contributed by atoms with van der Waals surface area (Å²) in [7, 11) is 0. The van der Waals surface area contributed by atoms with Gasteiger partial charge < -0.3 is 14.9 Å². The highest BCUT2D eigenvalue weighted by atomic mass is 35.5. The molecule has 0 bridgehead atoms. The quantitative estimate of drug-likeness (QED) is 0.657. The topological polar surface area (TPSA) is 75.5 Å². The molecule has 3 aromatic rings. The van der Waals surface area contributed by atoms with Crippen LogP contribution in [0, 0.1) is 0 Å². The number of rotatable bonds is 5. The molecule has 2 heterocycles. The Labute approximate surface area is 172 Å². The lowest BCUT2D eigenvalue weighted by Gasteiger charge is -2.32. The summed E-state index contributed by atoms with van der Waals surface area (Å²) in [6.07, 6.45) is 0.465. The molecule has 2 N–H and O–H groups in total. The Morgan fingerprint density at radius 2 is 1.93 bits per heavy atom. The molecule has 0 amide bonds. The molecule has 7 heteroatoms. The van der Waals surface area contributed by atoms with Crippen LogP contribution in [0.15, 0.2) is 48.5 Å². The third-order valence-corrected chi connectivity index (χ3v) is 6.19. The van der Waals surface area contributed by atoms with Crippen LogP contribution in [0.4, 0.5) is 0 Å². The predicted molar refractivity (Wildman–Crippen MR) is 110 cm³/mol. The van der Waals surface area contributed by atoms with Crippen molar-refractivity contribution < 1.29 is 14.9 Å². The van der Waals surface area contributed by atoms with E-state index in [0.717, 1.165) is 26.7 Å². The largest absolute Gasteiger partial charge is 0.394 e. The number of benzene rings is 2. The first-order valence-corrected chi connectivity index (χ1v) is 10.4. The maximum atomic E-state index is 10.1. The molecule has 0 aliphatic carbocycles. The van der Waals surface area contributed by atoms with E-state index >= 15 is 0 Å². The van der Waals surface area contributed by atoms with E-state index in [-0.39, 0.29) is 18.8 Å². The smallest absolute Gasteiger partial charge is 0.147 e. The lowest BCUT2D eigenvalue weighted by Crippen LogP contribution is -2.33. The summed E-state index contributed by atoms with van der Waals surface area (Å²) in [6, 6.07) is 15.7. The average molecular weight is 417 g/mol. The third-order valence-electron chi connectivity index (χ3n) is 4.85. The van der Waals surface area contributed by atoms with Crippen molar-refractivity contribution in [3.05, 3.63) is 69.7 Å². The number of ether oxygens (including phenoxy) is 1. The Hall–Kier alpha value is -1.83. The number of aliphatic hydroxyl groups is 2. The third kappa shape index (κ3) is 4.42. The summed E-state index contributed by atoms with van der Waals surface area (Å²) in [5, 5.41) is 30.5. The number of halogens is 1. The Morgan fingerprint density at radius 1 is 1.11 bits per heavy atom. The molecule has 2 aromatic carbocycles. The number of nitrogens with zero attached hydrogens (tertiary/aromatic N) is 2. The van der Waals surface area contributed by atoms with E-state index in [4.69, 9.17) is 16.3 Å². The zero-order valence-electron chi connectivity index (χ0n) is 15.2. The van der Waals surface area contributed by atoms with Gasteiger partial charge in [-0.1, -0.05) is 65.4 Å². The van der Waals surface area contributed by atoms with Crippen LogP contribution in [0.25, 0.3) is 10.6 Å². The van der Waals surface area contributed by atoms with Crippen LogP contribution in [-0.4, -0.2) is 39.2 Å². The van der Waals surface area contributed by atoms with Gasteiger partial charge in [0.25, 0.3) is 0 Å². The van der Waals surface area contributed by atoms with Crippen molar-refractivity contribution in [3.63, 3.8) is 0 Å². The summed E-state index contributed by atoms with van der Waals surface area (Å²) in [6.45, 7) is -0.0962. The second-order valence-electron chi connectivity index (χ2n) is 6.95. The van der Waals surface area contributed by atoms with Gasteiger partial charge in [0.2, 0.25) is 0 Å². The molecule has 0 spiro atoms. The second-order valence-corrected chi connectivity index (χ2v) is 8.42. The maximum Gasteiger partial charge on any atom is 0.147 e. The Bertz CT molecular complexity index is 934. The Kier molecular flexibility index (Phi) is 6.04. The van der Waals surface area contributed by atoms with Crippen molar-refractivity contribution in [1.82, 2.24) is 10.2 Å². The molecule has 28 heavy (non-hydrogen) atoms. The van der Waals surface area contributed by atoms with Crippen LogP contribution < -0.4 is 0 Å². The average Bonchev–Trinajstić information content (AvgIpc) is 3.18. The fourth-order valence-corrected chi connectivity index (χ4v) is 4.49. The van der Waals surface area contributed by atoms with Crippen molar-refractivity contribution in [3.8, 4) is 10.6 Å². The minimum Gasteiger partial charge on any atom is -0.394 e. The number of hydrogen-bond donors (Lipinski definition) is 2. The first-order chi connectivity index (χ1) is 13.6. The van der Waals surface area contributed by atoms with Crippen molar-refractivity contribution in [2.75, 3.05) is 6.61 Å². The molecular weight excluding hydrogens is 396 g/mol. The van der Waals surface area contributed by atoms with Gasteiger partial charge in [0, 0.05) is 29.8 Å². The molecule has 0 radical (unpaired) electrons. The van der Waals surface area contributed by atoms with E-state index < -0.39 is 6.10 Å². The van der Waals surface area contributed by atoms with Gasteiger partial charge in [0.15, 0.2) is 0 Å². The molecule has 1 fully saturated rings. The number of hydrogen-bond acceptors (Lipinski definition) is 6. The van der Waals surface area contributed by atoms with Crippen molar-refractivity contribution >= 4 is 22.9 Å². The van der Waals surface area contributed by atoms with Gasteiger partial charge in [0.05, 0.1) is 24.9 Å². The van der Waals surface area contributed by atoms with Gasteiger partial charge in [-0.25, -0.2) is 0 Å². The van der Waals surface area contributed by atoms with Crippen LogP contribution in [0.3, 0.4) is 0 Å². The highest BCUT2D eigenvalue weighted by Gasteiger charge is 2.29. The summed E-state index contributed by atoms with van der Waals surface area (Å²) < 4.78 is 5.92. The lowest BCUT2D eigenvalue weighted by molar-refractivity contribution is -0.113. The SMILES string of the molecule is OCC1CC(O)CC(c2ccc(Cl)c(Cc3nnc(-c4ccccc4)s3)c2)O1. The lowest BCUT2D eigenvalue weighted by atomic mass is 9.95. The Balaban J connectivity index is 1.54. The summed E-state index contributed by atoms with van der Waals surface area (Å²) >= 11 is 7.97. The van der Waals surface area contributed by atoms with Gasteiger partial charge in [-0.15, -0.1) is 10.2 Å². The highest BCUT2D eigenvalue weighted by molar-refractivity contribution is 7.14. The van der Waals surface area contributed by atoms with Gasteiger partial charge in [0.1, 0.15) is 10.0 Å². The van der Waals surface area contributed by atoms with E-state index in [1.807, 2.05) is 48.5 Å². The monoisotopic (exact) mass is 416 g/mol. The molecular formula is C21H21ClN2O3S. The molecule has 3 atom stereocenters. The molecule has 1 saturated heterocycles. The molecule has 146 valence electrons. The van der Waals surface area contributed by atoms with Crippen LogP contribution >= 0.6 is 22.9 Å². The molecule has 0 saturated carbocycles. The summed E-state index contributed by atoms with van der Waals surface area (Å²) in [5.74, 6) is 0.